The van der Waals surface area contributed by atoms with E-state index in [0.717, 1.165) is 15.4 Å². The number of hydrogen-bond donors (Lipinski definition) is 1. The van der Waals surface area contributed by atoms with Gasteiger partial charge < -0.3 is 5.32 Å². The minimum Gasteiger partial charge on any atom is -0.325 e. The van der Waals surface area contributed by atoms with Crippen LogP contribution in [-0.4, -0.2) is 43.5 Å². The minimum atomic E-state index is -3.59. The van der Waals surface area contributed by atoms with Crippen molar-refractivity contribution < 1.29 is 13.2 Å². The summed E-state index contributed by atoms with van der Waals surface area (Å²) in [5.74, 6) is -0.154. The van der Waals surface area contributed by atoms with Gasteiger partial charge >= 0.3 is 0 Å². The van der Waals surface area contributed by atoms with Gasteiger partial charge in [-0.2, -0.15) is 0 Å². The SMILES string of the molecule is Cc1cc(S(=O)(=O)N(C)C)cc(NC(=O)CSc2ncccc2Cl)c1C. The minimum absolute atomic E-state index is 0.111. The van der Waals surface area contributed by atoms with E-state index in [1.807, 2.05) is 13.8 Å². The molecule has 0 aliphatic heterocycles. The Labute approximate surface area is 163 Å². The van der Waals surface area contributed by atoms with Crippen molar-refractivity contribution in [2.24, 2.45) is 0 Å². The van der Waals surface area contributed by atoms with Crippen LogP contribution in [0.15, 0.2) is 40.4 Å². The number of sulfonamides is 1. The molecule has 0 fully saturated rings. The molecule has 0 aliphatic carbocycles. The van der Waals surface area contributed by atoms with Crippen molar-refractivity contribution in [1.82, 2.24) is 9.29 Å². The normalized spacial score (nSPS) is 11.6. The lowest BCUT2D eigenvalue weighted by molar-refractivity contribution is -0.113. The topological polar surface area (TPSA) is 79.4 Å². The van der Waals surface area contributed by atoms with Crippen molar-refractivity contribution in [2.45, 2.75) is 23.8 Å². The van der Waals surface area contributed by atoms with Crippen LogP contribution in [0.4, 0.5) is 5.69 Å². The summed E-state index contributed by atoms with van der Waals surface area (Å²) >= 11 is 7.25. The molecule has 0 spiro atoms. The second-order valence-electron chi connectivity index (χ2n) is 5.83. The van der Waals surface area contributed by atoms with Crippen LogP contribution in [-0.2, 0) is 14.8 Å². The zero-order chi connectivity index (χ0) is 19.5. The van der Waals surface area contributed by atoms with Crippen LogP contribution in [0.3, 0.4) is 0 Å². The van der Waals surface area contributed by atoms with Crippen LogP contribution in [0.25, 0.3) is 0 Å². The molecule has 0 saturated heterocycles. The molecule has 0 saturated carbocycles. The van der Waals surface area contributed by atoms with Gasteiger partial charge in [-0.05, 0) is 49.2 Å². The van der Waals surface area contributed by atoms with Gasteiger partial charge in [0.15, 0.2) is 0 Å². The summed E-state index contributed by atoms with van der Waals surface area (Å²) in [7, 11) is -0.649. The third-order valence-electron chi connectivity index (χ3n) is 3.76. The first-order valence-electron chi connectivity index (χ1n) is 7.70. The lowest BCUT2D eigenvalue weighted by atomic mass is 10.1. The molecule has 1 N–H and O–H groups in total. The Bertz CT molecular complexity index is 931. The molecule has 0 aliphatic rings. The number of aromatic nitrogens is 1. The van der Waals surface area contributed by atoms with Crippen molar-refractivity contribution in [2.75, 3.05) is 25.2 Å². The third-order valence-corrected chi connectivity index (χ3v) is 6.97. The van der Waals surface area contributed by atoms with Crippen molar-refractivity contribution in [3.63, 3.8) is 0 Å². The maximum atomic E-state index is 12.4. The summed E-state index contributed by atoms with van der Waals surface area (Å²) in [6.07, 6.45) is 1.61. The highest BCUT2D eigenvalue weighted by atomic mass is 35.5. The highest BCUT2D eigenvalue weighted by Crippen LogP contribution is 2.27. The number of carbonyl (C=O) groups is 1. The molecule has 9 heteroatoms. The van der Waals surface area contributed by atoms with Crippen molar-refractivity contribution in [3.05, 3.63) is 46.6 Å². The van der Waals surface area contributed by atoms with Crippen LogP contribution in [0.2, 0.25) is 5.02 Å². The van der Waals surface area contributed by atoms with Gasteiger partial charge in [-0.15, -0.1) is 0 Å². The smallest absolute Gasteiger partial charge is 0.242 e. The predicted octanol–water partition coefficient (Wildman–Crippen LogP) is 3.33. The lowest BCUT2D eigenvalue weighted by Gasteiger charge is -2.16. The number of nitrogens with one attached hydrogen (secondary N) is 1. The van der Waals surface area contributed by atoms with Crippen LogP contribution in [0.1, 0.15) is 11.1 Å². The zero-order valence-electron chi connectivity index (χ0n) is 14.9. The fourth-order valence-corrected chi connectivity index (χ4v) is 4.09. The predicted molar refractivity (Wildman–Crippen MR) is 105 cm³/mol. The Morgan fingerprint density at radius 2 is 2.00 bits per heavy atom. The maximum Gasteiger partial charge on any atom is 0.242 e. The fourth-order valence-electron chi connectivity index (χ4n) is 2.11. The summed E-state index contributed by atoms with van der Waals surface area (Å²) in [5.41, 5.74) is 2.07. The Morgan fingerprint density at radius 3 is 2.62 bits per heavy atom. The first-order chi connectivity index (χ1) is 12.1. The molecule has 1 heterocycles. The molecule has 1 aromatic carbocycles. The monoisotopic (exact) mass is 413 g/mol. The summed E-state index contributed by atoms with van der Waals surface area (Å²) in [6, 6.07) is 6.50. The molecule has 2 aromatic rings. The van der Waals surface area contributed by atoms with E-state index >= 15 is 0 Å². The lowest BCUT2D eigenvalue weighted by Crippen LogP contribution is -2.23. The van der Waals surface area contributed by atoms with E-state index < -0.39 is 10.0 Å². The number of hydrogen-bond acceptors (Lipinski definition) is 5. The largest absolute Gasteiger partial charge is 0.325 e. The average Bonchev–Trinajstić information content (AvgIpc) is 2.57. The van der Waals surface area contributed by atoms with Crippen LogP contribution >= 0.6 is 23.4 Å². The number of nitrogens with zero attached hydrogens (tertiary/aromatic N) is 2. The van der Waals surface area contributed by atoms with Gasteiger partial charge in [-0.25, -0.2) is 17.7 Å². The average molecular weight is 414 g/mol. The molecule has 26 heavy (non-hydrogen) atoms. The van der Waals surface area contributed by atoms with Gasteiger partial charge in [0, 0.05) is 26.0 Å². The first kappa shape index (κ1) is 20.7. The van der Waals surface area contributed by atoms with Gasteiger partial charge in [0.2, 0.25) is 15.9 Å². The number of carbonyl (C=O) groups excluding carboxylic acids is 1. The quantitative estimate of drug-likeness (QED) is 0.735. The van der Waals surface area contributed by atoms with Crippen LogP contribution in [0.5, 0.6) is 0 Å². The molecule has 140 valence electrons. The van der Waals surface area contributed by atoms with E-state index in [1.165, 1.54) is 31.9 Å². The highest BCUT2D eigenvalue weighted by Gasteiger charge is 2.20. The number of rotatable bonds is 6. The number of thioether (sulfide) groups is 1. The van der Waals surface area contributed by atoms with Crippen molar-refractivity contribution >= 4 is 45.0 Å². The molecule has 0 unspecified atom stereocenters. The fraction of sp³-hybridized carbons (Fsp3) is 0.294. The number of pyridine rings is 1. The van der Waals surface area contributed by atoms with E-state index in [9.17, 15) is 13.2 Å². The highest BCUT2D eigenvalue weighted by molar-refractivity contribution is 8.00. The Kier molecular flexibility index (Phi) is 6.68. The molecular formula is C17H20ClN3O3S2. The van der Waals surface area contributed by atoms with Crippen molar-refractivity contribution in [1.29, 1.82) is 0 Å². The summed E-state index contributed by atoms with van der Waals surface area (Å²) in [5, 5.41) is 3.83. The molecule has 1 aromatic heterocycles. The number of anilines is 1. The molecule has 2 rings (SSSR count). The summed E-state index contributed by atoms with van der Waals surface area (Å²) in [6.45, 7) is 3.64. The molecule has 0 atom stereocenters. The number of amides is 1. The number of halogens is 1. The number of aryl methyl sites for hydroxylation is 1. The van der Waals surface area contributed by atoms with Crippen molar-refractivity contribution in [3.8, 4) is 0 Å². The van der Waals surface area contributed by atoms with Crippen LogP contribution in [0, 0.1) is 13.8 Å². The maximum absolute atomic E-state index is 12.4. The molecule has 6 nitrogen and oxygen atoms in total. The summed E-state index contributed by atoms with van der Waals surface area (Å²) in [4.78, 5) is 16.6. The molecule has 1 amide bonds. The van der Waals surface area contributed by atoms with Gasteiger partial charge in [0.05, 0.1) is 15.7 Å². The first-order valence-corrected chi connectivity index (χ1v) is 10.5. The van der Waals surface area contributed by atoms with E-state index in [2.05, 4.69) is 10.3 Å². The van der Waals surface area contributed by atoms with E-state index in [0.29, 0.717) is 15.7 Å². The summed E-state index contributed by atoms with van der Waals surface area (Å²) < 4.78 is 25.9. The zero-order valence-corrected chi connectivity index (χ0v) is 17.3. The van der Waals surface area contributed by atoms with Gasteiger partial charge in [0.25, 0.3) is 0 Å². The van der Waals surface area contributed by atoms with E-state index in [-0.39, 0.29) is 16.6 Å². The van der Waals surface area contributed by atoms with E-state index in [1.54, 1.807) is 24.4 Å². The molecular weight excluding hydrogens is 394 g/mol. The Hall–Kier alpha value is -1.61. The Balaban J connectivity index is 2.19. The Morgan fingerprint density at radius 1 is 1.31 bits per heavy atom. The van der Waals surface area contributed by atoms with Gasteiger partial charge in [0.1, 0.15) is 5.03 Å². The van der Waals surface area contributed by atoms with Crippen LogP contribution < -0.4 is 5.32 Å². The number of benzene rings is 1. The molecule has 0 bridgehead atoms. The van der Waals surface area contributed by atoms with Gasteiger partial charge in [-0.1, -0.05) is 23.4 Å². The third kappa shape index (κ3) is 4.76. The second kappa shape index (κ2) is 8.39. The van der Waals surface area contributed by atoms with Gasteiger partial charge in [-0.3, -0.25) is 4.79 Å². The second-order valence-corrected chi connectivity index (χ2v) is 9.35. The standard InChI is InChI=1S/C17H20ClN3O3S2/c1-11-8-13(26(23,24)21(3)4)9-15(12(11)2)20-16(22)10-25-17-14(18)6-5-7-19-17/h5-9H,10H2,1-4H3,(H,20,22). The molecule has 0 radical (unpaired) electrons. The van der Waals surface area contributed by atoms with E-state index in [4.69, 9.17) is 11.6 Å².